The SMILES string of the molecule is CNCc1ccccc1Oc1ccc([N+](=O)[O-])cc1I. The van der Waals surface area contributed by atoms with Crippen LogP contribution in [0.2, 0.25) is 0 Å². The van der Waals surface area contributed by atoms with Gasteiger partial charge in [-0.15, -0.1) is 0 Å². The standard InChI is InChI=1S/C14H13IN2O3/c1-16-9-10-4-2-3-5-13(10)20-14-7-6-11(17(18)19)8-12(14)15/h2-8,16H,9H2,1H3. The smallest absolute Gasteiger partial charge is 0.270 e. The Labute approximate surface area is 130 Å². The summed E-state index contributed by atoms with van der Waals surface area (Å²) in [4.78, 5) is 10.3. The van der Waals surface area contributed by atoms with Crippen LogP contribution < -0.4 is 10.1 Å². The van der Waals surface area contributed by atoms with Gasteiger partial charge in [-0.2, -0.15) is 0 Å². The van der Waals surface area contributed by atoms with Gasteiger partial charge in [-0.25, -0.2) is 0 Å². The van der Waals surface area contributed by atoms with Crippen LogP contribution in [-0.4, -0.2) is 12.0 Å². The normalized spacial score (nSPS) is 10.3. The maximum absolute atomic E-state index is 10.7. The van der Waals surface area contributed by atoms with Crippen molar-refractivity contribution in [2.75, 3.05) is 7.05 Å². The molecule has 0 saturated heterocycles. The molecule has 5 nitrogen and oxygen atoms in total. The van der Waals surface area contributed by atoms with E-state index in [1.807, 2.05) is 53.9 Å². The number of hydrogen-bond acceptors (Lipinski definition) is 4. The minimum absolute atomic E-state index is 0.0604. The lowest BCUT2D eigenvalue weighted by atomic mass is 10.2. The van der Waals surface area contributed by atoms with Crippen molar-refractivity contribution in [3.05, 3.63) is 61.7 Å². The summed E-state index contributed by atoms with van der Waals surface area (Å²) in [6, 6.07) is 12.3. The highest BCUT2D eigenvalue weighted by molar-refractivity contribution is 14.1. The van der Waals surface area contributed by atoms with E-state index in [-0.39, 0.29) is 5.69 Å². The Hall–Kier alpha value is -1.67. The molecule has 0 saturated carbocycles. The highest BCUT2D eigenvalue weighted by Gasteiger charge is 2.11. The molecule has 0 aliphatic heterocycles. The van der Waals surface area contributed by atoms with Gasteiger partial charge in [0.25, 0.3) is 5.69 Å². The third-order valence-electron chi connectivity index (χ3n) is 2.69. The Balaban J connectivity index is 2.28. The van der Waals surface area contributed by atoms with Gasteiger partial charge in [-0.05, 0) is 41.8 Å². The molecule has 0 radical (unpaired) electrons. The molecule has 0 aliphatic rings. The Bertz CT molecular complexity index is 632. The quantitative estimate of drug-likeness (QED) is 0.485. The van der Waals surface area contributed by atoms with Crippen molar-refractivity contribution in [3.63, 3.8) is 0 Å². The minimum Gasteiger partial charge on any atom is -0.456 e. The van der Waals surface area contributed by atoms with E-state index in [0.29, 0.717) is 15.9 Å². The van der Waals surface area contributed by atoms with Crippen molar-refractivity contribution in [3.8, 4) is 11.5 Å². The number of nitrogens with one attached hydrogen (secondary N) is 1. The summed E-state index contributed by atoms with van der Waals surface area (Å²) in [6.45, 7) is 0.694. The zero-order valence-electron chi connectivity index (χ0n) is 10.8. The van der Waals surface area contributed by atoms with Gasteiger partial charge in [0.05, 0.1) is 8.49 Å². The average molecular weight is 384 g/mol. The molecule has 0 fully saturated rings. The number of ether oxygens (including phenoxy) is 1. The molecule has 1 N–H and O–H groups in total. The van der Waals surface area contributed by atoms with Gasteiger partial charge >= 0.3 is 0 Å². The fraction of sp³-hybridized carbons (Fsp3) is 0.143. The molecule has 6 heteroatoms. The molecular weight excluding hydrogens is 371 g/mol. The zero-order valence-corrected chi connectivity index (χ0v) is 13.0. The number of para-hydroxylation sites is 1. The van der Waals surface area contributed by atoms with Crippen LogP contribution in [0.4, 0.5) is 5.69 Å². The summed E-state index contributed by atoms with van der Waals surface area (Å²) in [5.74, 6) is 1.35. The Morgan fingerprint density at radius 1 is 1.25 bits per heavy atom. The fourth-order valence-corrected chi connectivity index (χ4v) is 2.35. The van der Waals surface area contributed by atoms with Gasteiger partial charge in [-0.3, -0.25) is 10.1 Å². The number of hydrogen-bond donors (Lipinski definition) is 1. The lowest BCUT2D eigenvalue weighted by Gasteiger charge is -2.12. The van der Waals surface area contributed by atoms with Crippen molar-refractivity contribution in [1.29, 1.82) is 0 Å². The van der Waals surface area contributed by atoms with Gasteiger partial charge in [0.15, 0.2) is 0 Å². The molecule has 0 heterocycles. The van der Waals surface area contributed by atoms with E-state index < -0.39 is 4.92 Å². The Morgan fingerprint density at radius 3 is 2.65 bits per heavy atom. The van der Waals surface area contributed by atoms with Crippen molar-refractivity contribution in [2.45, 2.75) is 6.54 Å². The average Bonchev–Trinajstić information content (AvgIpc) is 2.43. The van der Waals surface area contributed by atoms with E-state index in [2.05, 4.69) is 5.32 Å². The molecule has 104 valence electrons. The molecular formula is C14H13IN2O3. The van der Waals surface area contributed by atoms with Gasteiger partial charge < -0.3 is 10.1 Å². The molecule has 0 amide bonds. The van der Waals surface area contributed by atoms with Crippen LogP contribution in [0, 0.1) is 13.7 Å². The second kappa shape index (κ2) is 6.67. The first kappa shape index (κ1) is 14.7. The molecule has 0 unspecified atom stereocenters. The summed E-state index contributed by atoms with van der Waals surface area (Å²) < 4.78 is 6.56. The van der Waals surface area contributed by atoms with E-state index in [9.17, 15) is 10.1 Å². The van der Waals surface area contributed by atoms with Gasteiger partial charge in [0.1, 0.15) is 11.5 Å². The lowest BCUT2D eigenvalue weighted by molar-refractivity contribution is -0.385. The number of non-ortho nitro benzene ring substituents is 1. The first-order valence-corrected chi connectivity index (χ1v) is 7.04. The van der Waals surface area contributed by atoms with Crippen molar-refractivity contribution < 1.29 is 9.66 Å². The molecule has 20 heavy (non-hydrogen) atoms. The zero-order chi connectivity index (χ0) is 14.5. The lowest BCUT2D eigenvalue weighted by Crippen LogP contribution is -2.06. The van der Waals surface area contributed by atoms with Crippen LogP contribution in [0.15, 0.2) is 42.5 Å². The first-order chi connectivity index (χ1) is 9.61. The predicted molar refractivity (Wildman–Crippen MR) is 85.1 cm³/mol. The first-order valence-electron chi connectivity index (χ1n) is 5.96. The molecule has 0 aliphatic carbocycles. The molecule has 2 aromatic carbocycles. The molecule has 0 spiro atoms. The van der Waals surface area contributed by atoms with Gasteiger partial charge in [-0.1, -0.05) is 18.2 Å². The Kier molecular flexibility index (Phi) is 4.91. The number of nitrogens with zero attached hydrogens (tertiary/aromatic N) is 1. The van der Waals surface area contributed by atoms with Gasteiger partial charge in [0.2, 0.25) is 0 Å². The van der Waals surface area contributed by atoms with Crippen LogP contribution >= 0.6 is 22.6 Å². The number of nitro benzene ring substituents is 1. The van der Waals surface area contributed by atoms with Crippen LogP contribution in [0.3, 0.4) is 0 Å². The number of nitro groups is 1. The highest BCUT2D eigenvalue weighted by Crippen LogP contribution is 2.31. The maximum Gasteiger partial charge on any atom is 0.270 e. The van der Waals surface area contributed by atoms with Crippen molar-refractivity contribution in [1.82, 2.24) is 5.32 Å². The molecule has 2 aromatic rings. The second-order valence-electron chi connectivity index (χ2n) is 4.11. The van der Waals surface area contributed by atoms with E-state index in [0.717, 1.165) is 11.3 Å². The number of benzene rings is 2. The monoisotopic (exact) mass is 384 g/mol. The molecule has 0 atom stereocenters. The maximum atomic E-state index is 10.7. The van der Waals surface area contributed by atoms with Crippen LogP contribution in [0.5, 0.6) is 11.5 Å². The van der Waals surface area contributed by atoms with E-state index in [1.54, 1.807) is 6.07 Å². The number of rotatable bonds is 5. The highest BCUT2D eigenvalue weighted by atomic mass is 127. The summed E-state index contributed by atoms with van der Waals surface area (Å²) in [5.41, 5.74) is 1.09. The molecule has 2 rings (SSSR count). The van der Waals surface area contributed by atoms with Crippen molar-refractivity contribution in [2.24, 2.45) is 0 Å². The summed E-state index contributed by atoms with van der Waals surface area (Å²) >= 11 is 2.03. The Morgan fingerprint density at radius 2 is 2.00 bits per heavy atom. The van der Waals surface area contributed by atoms with E-state index >= 15 is 0 Å². The van der Waals surface area contributed by atoms with Gasteiger partial charge in [0, 0.05) is 24.2 Å². The van der Waals surface area contributed by atoms with Crippen LogP contribution in [-0.2, 0) is 6.54 Å². The van der Waals surface area contributed by atoms with E-state index in [4.69, 9.17) is 4.74 Å². The third-order valence-corrected chi connectivity index (χ3v) is 3.53. The molecule has 0 aromatic heterocycles. The summed E-state index contributed by atoms with van der Waals surface area (Å²) in [7, 11) is 1.87. The topological polar surface area (TPSA) is 64.4 Å². The predicted octanol–water partition coefficient (Wildman–Crippen LogP) is 3.71. The summed E-state index contributed by atoms with van der Waals surface area (Å²) in [6.07, 6.45) is 0. The van der Waals surface area contributed by atoms with Crippen molar-refractivity contribution >= 4 is 28.3 Å². The largest absolute Gasteiger partial charge is 0.456 e. The summed E-state index contributed by atoms with van der Waals surface area (Å²) in [5, 5.41) is 13.8. The second-order valence-corrected chi connectivity index (χ2v) is 5.27. The third kappa shape index (κ3) is 3.45. The van der Waals surface area contributed by atoms with E-state index in [1.165, 1.54) is 12.1 Å². The molecule has 0 bridgehead atoms. The van der Waals surface area contributed by atoms with Crippen LogP contribution in [0.25, 0.3) is 0 Å². The number of halogens is 1. The van der Waals surface area contributed by atoms with Crippen LogP contribution in [0.1, 0.15) is 5.56 Å². The fourth-order valence-electron chi connectivity index (χ4n) is 1.74. The minimum atomic E-state index is -0.416.